The average Bonchev–Trinajstić information content (AvgIpc) is 3.20. The van der Waals surface area contributed by atoms with Crippen LogP contribution < -0.4 is 14.9 Å². The molecular weight excluding hydrogens is 338 g/mol. The molecule has 0 saturated carbocycles. The van der Waals surface area contributed by atoms with Crippen molar-refractivity contribution in [3.63, 3.8) is 0 Å². The van der Waals surface area contributed by atoms with Crippen LogP contribution in [0.4, 0.5) is 11.4 Å². The minimum atomic E-state index is -0.491. The number of nitrogens with one attached hydrogen (secondary N) is 1. The number of aryl methyl sites for hydroxylation is 1. The van der Waals surface area contributed by atoms with Crippen molar-refractivity contribution in [1.82, 2.24) is 9.96 Å². The Morgan fingerprint density at radius 1 is 1.42 bits per heavy atom. The number of amides is 2. The van der Waals surface area contributed by atoms with Crippen LogP contribution >= 0.6 is 0 Å². The number of hydrogen-bond donors (Lipinski definition) is 2. The molecule has 0 spiro atoms. The molecule has 4 rings (SSSR count). The van der Waals surface area contributed by atoms with Crippen molar-refractivity contribution in [2.45, 2.75) is 45.2 Å². The van der Waals surface area contributed by atoms with Crippen LogP contribution in [0, 0.1) is 0 Å². The van der Waals surface area contributed by atoms with E-state index in [0.717, 1.165) is 29.8 Å². The van der Waals surface area contributed by atoms with Gasteiger partial charge in [-0.2, -0.15) is 0 Å². The highest BCUT2D eigenvalue weighted by molar-refractivity contribution is 5.96. The van der Waals surface area contributed by atoms with Gasteiger partial charge in [-0.1, -0.05) is 9.48 Å². The summed E-state index contributed by atoms with van der Waals surface area (Å²) < 4.78 is 6.13. The standard InChI is InChI=1S/C18H23N3O5/c1-11-3-4-13-7-14(5-6-16(13)20(11)17(24)10-22)21-9-15(8-19-12(2)23)25-18(21)26-21/h5-7,11,15,18,22H,3-4,8-10H2,1-2H3/p+1/t11-,15+,18?,21?/m1/s1. The fourth-order valence-corrected chi connectivity index (χ4v) is 3.98. The molecule has 0 aliphatic carbocycles. The zero-order valence-electron chi connectivity index (χ0n) is 15.0. The maximum Gasteiger partial charge on any atom is 0.393 e. The molecule has 2 N–H and O–H groups in total. The summed E-state index contributed by atoms with van der Waals surface area (Å²) in [5.41, 5.74) is 2.93. The Kier molecular flexibility index (Phi) is 4.23. The number of carbonyl (C=O) groups excluding carboxylic acids is 2. The van der Waals surface area contributed by atoms with Gasteiger partial charge in [-0.3, -0.25) is 14.3 Å². The molecule has 1 aromatic rings. The smallest absolute Gasteiger partial charge is 0.387 e. The zero-order chi connectivity index (χ0) is 18.5. The molecule has 26 heavy (non-hydrogen) atoms. The van der Waals surface area contributed by atoms with Gasteiger partial charge in [-0.05, 0) is 31.4 Å². The van der Waals surface area contributed by atoms with Crippen LogP contribution in [-0.4, -0.2) is 55.2 Å². The van der Waals surface area contributed by atoms with E-state index in [1.54, 1.807) is 4.90 Å². The van der Waals surface area contributed by atoms with Gasteiger partial charge in [0.25, 0.3) is 5.91 Å². The molecule has 4 atom stereocenters. The molecule has 2 amide bonds. The van der Waals surface area contributed by atoms with Crippen LogP contribution in [0.2, 0.25) is 0 Å². The van der Waals surface area contributed by atoms with Gasteiger partial charge in [0, 0.05) is 37.3 Å². The summed E-state index contributed by atoms with van der Waals surface area (Å²) in [7, 11) is 0. The van der Waals surface area contributed by atoms with Gasteiger partial charge >= 0.3 is 6.41 Å². The maximum atomic E-state index is 12.1. The predicted molar refractivity (Wildman–Crippen MR) is 93.9 cm³/mol. The topological polar surface area (TPSA) is 91.4 Å². The van der Waals surface area contributed by atoms with Gasteiger partial charge < -0.3 is 15.3 Å². The number of carbonyl (C=O) groups is 2. The fourth-order valence-electron chi connectivity index (χ4n) is 3.98. The number of benzene rings is 1. The Bertz CT molecular complexity index is 754. The van der Waals surface area contributed by atoms with E-state index in [0.29, 0.717) is 17.7 Å². The number of hydrogen-bond acceptors (Lipinski definition) is 5. The van der Waals surface area contributed by atoms with Gasteiger partial charge in [-0.15, -0.1) is 0 Å². The lowest BCUT2D eigenvalue weighted by molar-refractivity contribution is -0.122. The third-order valence-electron chi connectivity index (χ3n) is 5.37. The number of aliphatic hydroxyl groups excluding tert-OH is 1. The number of ether oxygens (including phenoxy) is 1. The Hall–Kier alpha value is -2.00. The van der Waals surface area contributed by atoms with Crippen LogP contribution in [0.15, 0.2) is 18.2 Å². The number of hydroxylamine groups is 2. The average molecular weight is 362 g/mol. The van der Waals surface area contributed by atoms with Crippen molar-refractivity contribution < 1.29 is 24.3 Å². The number of nitrogens with zero attached hydrogens (tertiary/aromatic N) is 2. The maximum absolute atomic E-state index is 12.1. The Morgan fingerprint density at radius 3 is 2.96 bits per heavy atom. The Balaban J connectivity index is 1.55. The molecule has 1 aromatic carbocycles. The third-order valence-corrected chi connectivity index (χ3v) is 5.37. The first-order valence-corrected chi connectivity index (χ1v) is 8.97. The summed E-state index contributed by atoms with van der Waals surface area (Å²) in [6.45, 7) is 4.10. The van der Waals surface area contributed by atoms with Gasteiger partial charge in [0.15, 0.2) is 5.69 Å². The van der Waals surface area contributed by atoms with Gasteiger partial charge in [0.05, 0.1) is 0 Å². The van der Waals surface area contributed by atoms with Gasteiger partial charge in [-0.25, -0.2) is 0 Å². The molecule has 140 valence electrons. The second-order valence-electron chi connectivity index (χ2n) is 7.21. The molecule has 8 heteroatoms. The molecule has 8 nitrogen and oxygen atoms in total. The molecule has 3 aliphatic heterocycles. The third kappa shape index (κ3) is 2.79. The summed E-state index contributed by atoms with van der Waals surface area (Å²) in [4.78, 5) is 30.6. The van der Waals surface area contributed by atoms with Gasteiger partial charge in [0.2, 0.25) is 5.91 Å². The lowest BCUT2D eigenvalue weighted by atomic mass is 9.95. The number of anilines is 1. The lowest BCUT2D eigenvalue weighted by Crippen LogP contribution is -2.43. The number of aliphatic hydroxyl groups is 1. The highest BCUT2D eigenvalue weighted by atomic mass is 17.0. The molecule has 3 heterocycles. The second-order valence-corrected chi connectivity index (χ2v) is 7.21. The molecule has 2 saturated heterocycles. The number of rotatable bonds is 4. The summed E-state index contributed by atoms with van der Waals surface area (Å²) in [6.07, 6.45) is 1.32. The minimum Gasteiger partial charge on any atom is -0.387 e. The van der Waals surface area contributed by atoms with Gasteiger partial charge in [0.1, 0.15) is 19.3 Å². The van der Waals surface area contributed by atoms with Crippen LogP contribution in [0.25, 0.3) is 0 Å². The van der Waals surface area contributed by atoms with E-state index >= 15 is 0 Å². The molecule has 3 aliphatic rings. The van der Waals surface area contributed by atoms with Crippen LogP contribution in [0.3, 0.4) is 0 Å². The van der Waals surface area contributed by atoms with E-state index in [2.05, 4.69) is 11.4 Å². The predicted octanol–water partition coefficient (Wildman–Crippen LogP) is 0.418. The monoisotopic (exact) mass is 362 g/mol. The minimum absolute atomic E-state index is 0.0717. The Morgan fingerprint density at radius 2 is 2.23 bits per heavy atom. The molecular formula is C18H24N3O5+. The highest BCUT2D eigenvalue weighted by Crippen LogP contribution is 2.48. The van der Waals surface area contributed by atoms with E-state index in [-0.39, 0.29) is 30.4 Å². The van der Waals surface area contributed by atoms with Crippen molar-refractivity contribution in [3.05, 3.63) is 23.8 Å². The second kappa shape index (κ2) is 6.31. The largest absolute Gasteiger partial charge is 0.393 e. The van der Waals surface area contributed by atoms with E-state index in [1.165, 1.54) is 6.92 Å². The summed E-state index contributed by atoms with van der Waals surface area (Å²) in [5, 5.41) is 12.0. The van der Waals surface area contributed by atoms with Crippen molar-refractivity contribution in [2.75, 3.05) is 24.6 Å². The van der Waals surface area contributed by atoms with E-state index in [4.69, 9.17) is 9.57 Å². The van der Waals surface area contributed by atoms with E-state index in [1.807, 2.05) is 19.1 Å². The first kappa shape index (κ1) is 17.4. The SMILES string of the molecule is CC(=O)NC[C@H]1C[N+]2(c3ccc4c(c3)CC[C@@H](C)N4C(=O)CO)OC2O1. The summed E-state index contributed by atoms with van der Waals surface area (Å²) >= 11 is 0. The number of quaternary nitrogens is 1. The molecule has 2 unspecified atom stereocenters. The quantitative estimate of drug-likeness (QED) is 0.598. The zero-order valence-corrected chi connectivity index (χ0v) is 15.0. The summed E-state index contributed by atoms with van der Waals surface area (Å²) in [6, 6.07) is 6.03. The first-order valence-electron chi connectivity index (χ1n) is 8.97. The van der Waals surface area contributed by atoms with Crippen LogP contribution in [0.5, 0.6) is 0 Å². The van der Waals surface area contributed by atoms with Crippen molar-refractivity contribution in [1.29, 1.82) is 0 Å². The van der Waals surface area contributed by atoms with Crippen LogP contribution in [-0.2, 0) is 25.6 Å². The Labute approximate surface area is 151 Å². The molecule has 0 aromatic heterocycles. The normalized spacial score (nSPS) is 32.0. The molecule has 0 bridgehead atoms. The molecule has 2 fully saturated rings. The summed E-state index contributed by atoms with van der Waals surface area (Å²) in [5.74, 6) is -0.354. The highest BCUT2D eigenvalue weighted by Gasteiger charge is 2.70. The molecule has 0 radical (unpaired) electrons. The van der Waals surface area contributed by atoms with Crippen LogP contribution in [0.1, 0.15) is 25.8 Å². The van der Waals surface area contributed by atoms with E-state index in [9.17, 15) is 14.7 Å². The lowest BCUT2D eigenvalue weighted by Gasteiger charge is -2.35. The first-order chi connectivity index (χ1) is 12.4. The van der Waals surface area contributed by atoms with Crippen molar-refractivity contribution >= 4 is 23.2 Å². The van der Waals surface area contributed by atoms with E-state index < -0.39 is 6.61 Å². The fraction of sp³-hybridized carbons (Fsp3) is 0.556. The van der Waals surface area contributed by atoms with Crippen molar-refractivity contribution in [3.8, 4) is 0 Å². The number of fused-ring (bicyclic) bond motifs is 2. The van der Waals surface area contributed by atoms with Crippen molar-refractivity contribution in [2.24, 2.45) is 0 Å².